The average molecular weight is 316 g/mol. The van der Waals surface area contributed by atoms with E-state index in [9.17, 15) is 8.78 Å². The SMILES string of the molecule is CC[C@H]1c2cc(F)c(F)cc2CCN1c1nccn2nnnc12. The highest BCUT2D eigenvalue weighted by Gasteiger charge is 2.30. The first-order valence-corrected chi connectivity index (χ1v) is 7.46. The maximum absolute atomic E-state index is 13.7. The molecule has 6 nitrogen and oxygen atoms in total. The fourth-order valence-corrected chi connectivity index (χ4v) is 3.26. The van der Waals surface area contributed by atoms with Gasteiger partial charge in [0.1, 0.15) is 0 Å². The first-order valence-electron chi connectivity index (χ1n) is 7.46. The molecule has 0 unspecified atom stereocenters. The Balaban J connectivity index is 1.84. The Kier molecular flexibility index (Phi) is 3.17. The lowest BCUT2D eigenvalue weighted by atomic mass is 9.90. The van der Waals surface area contributed by atoms with Crippen LogP contribution >= 0.6 is 0 Å². The van der Waals surface area contributed by atoms with Gasteiger partial charge in [-0.15, -0.1) is 5.10 Å². The lowest BCUT2D eigenvalue weighted by Gasteiger charge is -2.37. The van der Waals surface area contributed by atoms with Crippen LogP contribution in [0.1, 0.15) is 30.5 Å². The Morgan fingerprint density at radius 2 is 2.09 bits per heavy atom. The van der Waals surface area contributed by atoms with Crippen LogP contribution in [-0.2, 0) is 6.42 Å². The third-order valence-electron chi connectivity index (χ3n) is 4.30. The number of nitrogens with zero attached hydrogens (tertiary/aromatic N) is 6. The molecular formula is C15H14F2N6. The predicted octanol–water partition coefficient (Wildman–Crippen LogP) is 2.31. The molecule has 1 aliphatic rings. The molecule has 0 fully saturated rings. The van der Waals surface area contributed by atoms with Crippen molar-refractivity contribution in [2.24, 2.45) is 0 Å². The van der Waals surface area contributed by atoms with Gasteiger partial charge in [-0.1, -0.05) is 6.92 Å². The fraction of sp³-hybridized carbons (Fsp3) is 0.333. The van der Waals surface area contributed by atoms with E-state index in [1.54, 1.807) is 16.9 Å². The van der Waals surface area contributed by atoms with E-state index in [4.69, 9.17) is 0 Å². The third kappa shape index (κ3) is 2.13. The van der Waals surface area contributed by atoms with Crippen LogP contribution in [0.2, 0.25) is 0 Å². The summed E-state index contributed by atoms with van der Waals surface area (Å²) < 4.78 is 28.7. The number of benzene rings is 1. The van der Waals surface area contributed by atoms with E-state index in [0.29, 0.717) is 24.4 Å². The molecule has 0 saturated heterocycles. The van der Waals surface area contributed by atoms with Crippen molar-refractivity contribution in [3.8, 4) is 0 Å². The van der Waals surface area contributed by atoms with Crippen LogP contribution in [0, 0.1) is 11.6 Å². The number of halogens is 2. The normalized spacial score (nSPS) is 17.5. The Morgan fingerprint density at radius 1 is 1.26 bits per heavy atom. The average Bonchev–Trinajstić information content (AvgIpc) is 3.03. The Labute approximate surface area is 130 Å². The highest BCUT2D eigenvalue weighted by Crippen LogP contribution is 2.36. The second kappa shape index (κ2) is 5.22. The summed E-state index contributed by atoms with van der Waals surface area (Å²) in [7, 11) is 0. The third-order valence-corrected chi connectivity index (χ3v) is 4.30. The Hall–Kier alpha value is -2.64. The van der Waals surface area contributed by atoms with E-state index in [1.165, 1.54) is 12.1 Å². The van der Waals surface area contributed by atoms with Crippen LogP contribution in [-0.4, -0.2) is 31.6 Å². The summed E-state index contributed by atoms with van der Waals surface area (Å²) in [4.78, 5) is 6.47. The summed E-state index contributed by atoms with van der Waals surface area (Å²) in [5.41, 5.74) is 2.20. The van der Waals surface area contributed by atoms with Gasteiger partial charge in [-0.25, -0.2) is 13.8 Å². The molecule has 1 aliphatic heterocycles. The molecule has 1 atom stereocenters. The minimum absolute atomic E-state index is 0.0933. The van der Waals surface area contributed by atoms with E-state index >= 15 is 0 Å². The van der Waals surface area contributed by atoms with Crippen molar-refractivity contribution in [2.75, 3.05) is 11.4 Å². The molecule has 3 aromatic rings. The molecule has 3 heterocycles. The first kappa shape index (κ1) is 14.0. The van der Waals surface area contributed by atoms with Gasteiger partial charge in [0.05, 0.1) is 12.2 Å². The fourth-order valence-electron chi connectivity index (χ4n) is 3.26. The topological polar surface area (TPSA) is 59.2 Å². The van der Waals surface area contributed by atoms with Crippen LogP contribution in [0.25, 0.3) is 5.65 Å². The first-order chi connectivity index (χ1) is 11.2. The van der Waals surface area contributed by atoms with Gasteiger partial charge in [0.25, 0.3) is 0 Å². The van der Waals surface area contributed by atoms with Crippen LogP contribution < -0.4 is 4.90 Å². The molecule has 0 bridgehead atoms. The Morgan fingerprint density at radius 3 is 2.91 bits per heavy atom. The number of hydrogen-bond acceptors (Lipinski definition) is 5. The number of fused-ring (bicyclic) bond motifs is 2. The standard InChI is InChI=1S/C15H14F2N6/c1-2-13-10-8-12(17)11(16)7-9(10)3-5-22(13)14-15-19-20-21-23(15)6-4-18-14/h4,6-8,13H,2-3,5H2,1H3/t13-/m0/s1. The molecule has 0 saturated carbocycles. The second-order valence-corrected chi connectivity index (χ2v) is 5.53. The van der Waals surface area contributed by atoms with Gasteiger partial charge in [-0.3, -0.25) is 0 Å². The number of anilines is 1. The van der Waals surface area contributed by atoms with E-state index < -0.39 is 11.6 Å². The summed E-state index contributed by atoms with van der Waals surface area (Å²) in [6.45, 7) is 2.66. The summed E-state index contributed by atoms with van der Waals surface area (Å²) in [6, 6.07) is 2.51. The second-order valence-electron chi connectivity index (χ2n) is 5.53. The van der Waals surface area contributed by atoms with E-state index in [1.807, 2.05) is 6.92 Å². The summed E-state index contributed by atoms with van der Waals surface area (Å²) >= 11 is 0. The summed E-state index contributed by atoms with van der Waals surface area (Å²) in [5, 5.41) is 11.6. The number of rotatable bonds is 2. The zero-order valence-electron chi connectivity index (χ0n) is 12.4. The van der Waals surface area contributed by atoms with Gasteiger partial charge in [0.15, 0.2) is 17.5 Å². The van der Waals surface area contributed by atoms with Crippen molar-refractivity contribution in [3.05, 3.63) is 47.3 Å². The highest BCUT2D eigenvalue weighted by molar-refractivity contribution is 5.64. The monoisotopic (exact) mass is 316 g/mol. The zero-order chi connectivity index (χ0) is 16.0. The van der Waals surface area contributed by atoms with Crippen molar-refractivity contribution in [1.29, 1.82) is 0 Å². The number of tetrazole rings is 1. The molecule has 0 radical (unpaired) electrons. The lowest BCUT2D eigenvalue weighted by molar-refractivity contribution is 0.492. The van der Waals surface area contributed by atoms with Crippen LogP contribution in [0.3, 0.4) is 0 Å². The van der Waals surface area contributed by atoms with Crippen molar-refractivity contribution in [3.63, 3.8) is 0 Å². The zero-order valence-corrected chi connectivity index (χ0v) is 12.4. The molecule has 1 aromatic carbocycles. The van der Waals surface area contributed by atoms with Crippen molar-refractivity contribution >= 4 is 11.5 Å². The highest BCUT2D eigenvalue weighted by atomic mass is 19.2. The molecule has 2 aromatic heterocycles. The molecular weight excluding hydrogens is 302 g/mol. The van der Waals surface area contributed by atoms with Crippen LogP contribution in [0.5, 0.6) is 0 Å². The van der Waals surface area contributed by atoms with Crippen LogP contribution in [0.4, 0.5) is 14.6 Å². The van der Waals surface area contributed by atoms with Gasteiger partial charge < -0.3 is 4.90 Å². The van der Waals surface area contributed by atoms with Gasteiger partial charge >= 0.3 is 0 Å². The van der Waals surface area contributed by atoms with E-state index in [-0.39, 0.29) is 6.04 Å². The molecule has 0 N–H and O–H groups in total. The molecule has 0 amide bonds. The molecule has 8 heteroatoms. The minimum atomic E-state index is -0.820. The van der Waals surface area contributed by atoms with Gasteiger partial charge in [-0.05, 0) is 46.5 Å². The molecule has 4 rings (SSSR count). The Bertz CT molecular complexity index is 878. The minimum Gasteiger partial charge on any atom is -0.346 e. The van der Waals surface area contributed by atoms with Gasteiger partial charge in [-0.2, -0.15) is 4.52 Å². The van der Waals surface area contributed by atoms with Crippen molar-refractivity contribution < 1.29 is 8.78 Å². The molecule has 0 spiro atoms. The molecule has 0 aliphatic carbocycles. The maximum atomic E-state index is 13.7. The lowest BCUT2D eigenvalue weighted by Crippen LogP contribution is -2.36. The van der Waals surface area contributed by atoms with E-state index in [0.717, 1.165) is 17.5 Å². The van der Waals surface area contributed by atoms with Crippen molar-refractivity contribution in [2.45, 2.75) is 25.8 Å². The number of aromatic nitrogens is 5. The smallest absolute Gasteiger partial charge is 0.222 e. The molecule has 23 heavy (non-hydrogen) atoms. The van der Waals surface area contributed by atoms with Gasteiger partial charge in [0, 0.05) is 12.7 Å². The van der Waals surface area contributed by atoms with Crippen LogP contribution in [0.15, 0.2) is 24.5 Å². The maximum Gasteiger partial charge on any atom is 0.222 e. The predicted molar refractivity (Wildman–Crippen MR) is 79.0 cm³/mol. The summed E-state index contributed by atoms with van der Waals surface area (Å²) in [5.74, 6) is -0.965. The number of hydrogen-bond donors (Lipinski definition) is 0. The summed E-state index contributed by atoms with van der Waals surface area (Å²) in [6.07, 6.45) is 4.66. The quantitative estimate of drug-likeness (QED) is 0.726. The van der Waals surface area contributed by atoms with Crippen molar-refractivity contribution in [1.82, 2.24) is 25.0 Å². The van der Waals surface area contributed by atoms with E-state index in [2.05, 4.69) is 25.4 Å². The largest absolute Gasteiger partial charge is 0.346 e. The molecule has 118 valence electrons. The van der Waals surface area contributed by atoms with Gasteiger partial charge in [0.2, 0.25) is 5.65 Å².